The Morgan fingerprint density at radius 2 is 1.19 bits per heavy atom. The summed E-state index contributed by atoms with van der Waals surface area (Å²) in [5.41, 5.74) is 4.59. The standard InChI is InChI=1S/C47H87N3O15P2/c1-5-38(4)29-25-21-17-13-10-11-14-18-22-26-30-42(51)60-34-39(63-43(52)31-27-23-19-15-9-7-6-8-12-16-20-24-28-37(2)3)35-61-66(56,57)65-67(58,59)62-36-40-44(53)45(54)46(64-40)50-33-32-41(48)49-47(50)55/h32-33,37-40,44-46,53-54H,5-31,34-36H2,1-4H3,(H,56,57)(H,58,59)(H2,48,49,55)/t38?,39-,40-,44+,45?,46-/m1/s1. The van der Waals surface area contributed by atoms with Crippen molar-refractivity contribution in [1.82, 2.24) is 9.55 Å². The van der Waals surface area contributed by atoms with Crippen LogP contribution in [0.3, 0.4) is 0 Å². The number of aliphatic hydroxyl groups excluding tert-OH is 2. The molecule has 1 aliphatic heterocycles. The van der Waals surface area contributed by atoms with E-state index in [0.717, 1.165) is 67.8 Å². The number of nitrogen functional groups attached to an aromatic ring is 1. The molecule has 4 unspecified atom stereocenters. The van der Waals surface area contributed by atoms with Gasteiger partial charge in [-0.1, -0.05) is 175 Å². The van der Waals surface area contributed by atoms with E-state index in [2.05, 4.69) is 37.0 Å². The molecule has 2 rings (SSSR count). The Morgan fingerprint density at radius 3 is 1.70 bits per heavy atom. The van der Waals surface area contributed by atoms with Crippen LogP contribution in [0.25, 0.3) is 0 Å². The Balaban J connectivity index is 1.80. The second kappa shape index (κ2) is 35.0. The number of unbranched alkanes of at least 4 members (excludes halogenated alkanes) is 20. The number of hydrogen-bond acceptors (Lipinski definition) is 15. The summed E-state index contributed by atoms with van der Waals surface area (Å²) >= 11 is 0. The quantitative estimate of drug-likeness (QED) is 0.0232. The van der Waals surface area contributed by atoms with Crippen molar-refractivity contribution in [2.45, 2.75) is 232 Å². The molecule has 18 nitrogen and oxygen atoms in total. The minimum absolute atomic E-state index is 0.0561. The number of phosphoric acid groups is 2. The summed E-state index contributed by atoms with van der Waals surface area (Å²) in [6, 6.07) is 1.25. The zero-order valence-electron chi connectivity index (χ0n) is 41.1. The molecule has 67 heavy (non-hydrogen) atoms. The number of nitrogens with two attached hydrogens (primary N) is 1. The van der Waals surface area contributed by atoms with E-state index in [-0.39, 0.29) is 18.7 Å². The van der Waals surface area contributed by atoms with E-state index in [1.165, 1.54) is 109 Å². The Hall–Kier alpha value is -2.24. The monoisotopic (exact) mass is 996 g/mol. The first kappa shape index (κ1) is 60.9. The molecule has 1 fully saturated rings. The number of carbonyl (C=O) groups excluding carboxylic acids is 2. The summed E-state index contributed by atoms with van der Waals surface area (Å²) in [6.45, 7) is 6.80. The highest BCUT2D eigenvalue weighted by Crippen LogP contribution is 2.60. The molecule has 0 aromatic carbocycles. The SMILES string of the molecule is CCC(C)CCCCCCCCCCCCC(=O)OC[C@H](COP(=O)(O)OP(=O)(O)OC[C@H]1O[C@@H](n2ccc(N)nc2=O)C(O)[C@H]1O)OC(=O)CCCCCCCCCCCCCCC(C)C. The first-order chi connectivity index (χ1) is 31.9. The van der Waals surface area contributed by atoms with E-state index in [0.29, 0.717) is 12.8 Å². The molecule has 1 aliphatic rings. The lowest BCUT2D eigenvalue weighted by Gasteiger charge is -2.21. The van der Waals surface area contributed by atoms with Gasteiger partial charge in [0.15, 0.2) is 12.3 Å². The number of rotatable bonds is 41. The van der Waals surface area contributed by atoms with Gasteiger partial charge in [-0.3, -0.25) is 23.2 Å². The van der Waals surface area contributed by atoms with E-state index in [9.17, 15) is 43.5 Å². The molecule has 0 saturated carbocycles. The molecule has 1 saturated heterocycles. The van der Waals surface area contributed by atoms with Crippen LogP contribution >= 0.6 is 15.6 Å². The van der Waals surface area contributed by atoms with Gasteiger partial charge in [-0.15, -0.1) is 0 Å². The summed E-state index contributed by atoms with van der Waals surface area (Å²) < 4.78 is 56.8. The smallest absolute Gasteiger partial charge is 0.462 e. The number of phosphoric ester groups is 2. The fourth-order valence-corrected chi connectivity index (χ4v) is 9.94. The highest BCUT2D eigenvalue weighted by molar-refractivity contribution is 7.61. The summed E-state index contributed by atoms with van der Waals surface area (Å²) in [5, 5.41) is 20.9. The molecule has 1 aromatic heterocycles. The largest absolute Gasteiger partial charge is 0.481 e. The number of nitrogens with zero attached hydrogens (tertiary/aromatic N) is 2. The molecule has 0 bridgehead atoms. The second-order valence-electron chi connectivity index (χ2n) is 18.8. The molecule has 6 N–H and O–H groups in total. The number of esters is 2. The Morgan fingerprint density at radius 1 is 0.716 bits per heavy atom. The van der Waals surface area contributed by atoms with E-state index < -0.39 is 83.7 Å². The number of aliphatic hydroxyl groups is 2. The predicted molar refractivity (Wildman–Crippen MR) is 257 cm³/mol. The van der Waals surface area contributed by atoms with Crippen LogP contribution < -0.4 is 11.4 Å². The third kappa shape index (κ3) is 28.9. The van der Waals surface area contributed by atoms with E-state index in [4.69, 9.17) is 29.0 Å². The minimum atomic E-state index is -5.42. The molecule has 8 atom stereocenters. The zero-order valence-corrected chi connectivity index (χ0v) is 42.8. The van der Waals surface area contributed by atoms with Crippen molar-refractivity contribution in [3.63, 3.8) is 0 Å². The zero-order chi connectivity index (χ0) is 49.5. The van der Waals surface area contributed by atoms with E-state index >= 15 is 0 Å². The molecule has 0 amide bonds. The molecule has 0 radical (unpaired) electrons. The van der Waals surface area contributed by atoms with Crippen LogP contribution in [0.2, 0.25) is 0 Å². The van der Waals surface area contributed by atoms with Crippen LogP contribution in [0.15, 0.2) is 17.1 Å². The summed E-state index contributed by atoms with van der Waals surface area (Å²) in [5.74, 6) is 0.301. The van der Waals surface area contributed by atoms with Crippen molar-refractivity contribution in [2.75, 3.05) is 25.6 Å². The van der Waals surface area contributed by atoms with Crippen LogP contribution in [0.4, 0.5) is 5.82 Å². The molecular weight excluding hydrogens is 908 g/mol. The van der Waals surface area contributed by atoms with Crippen molar-refractivity contribution in [1.29, 1.82) is 0 Å². The normalized spacial score (nSPS) is 20.1. The van der Waals surface area contributed by atoms with Gasteiger partial charge >= 0.3 is 33.3 Å². The maximum absolute atomic E-state index is 12.9. The predicted octanol–water partition coefficient (Wildman–Crippen LogP) is 10.00. The van der Waals surface area contributed by atoms with Crippen LogP contribution in [-0.4, -0.2) is 85.7 Å². The van der Waals surface area contributed by atoms with Gasteiger partial charge in [-0.05, 0) is 30.7 Å². The lowest BCUT2D eigenvalue weighted by Crippen LogP contribution is -2.36. The third-order valence-corrected chi connectivity index (χ3v) is 14.8. The summed E-state index contributed by atoms with van der Waals surface area (Å²) in [7, 11) is -10.8. The van der Waals surface area contributed by atoms with Crippen LogP contribution in [-0.2, 0) is 46.3 Å². The first-order valence-electron chi connectivity index (χ1n) is 25.3. The van der Waals surface area contributed by atoms with Crippen molar-refractivity contribution in [2.24, 2.45) is 11.8 Å². The summed E-state index contributed by atoms with van der Waals surface area (Å²) in [4.78, 5) is 61.9. The van der Waals surface area contributed by atoms with E-state index in [1.807, 2.05) is 0 Å². The van der Waals surface area contributed by atoms with Gasteiger partial charge < -0.3 is 39.9 Å². The first-order valence-corrected chi connectivity index (χ1v) is 28.3. The highest BCUT2D eigenvalue weighted by Gasteiger charge is 2.46. The molecule has 1 aromatic rings. The fraction of sp³-hybridized carbons (Fsp3) is 0.872. The van der Waals surface area contributed by atoms with Crippen molar-refractivity contribution >= 4 is 33.4 Å². The van der Waals surface area contributed by atoms with Crippen molar-refractivity contribution in [3.8, 4) is 0 Å². The number of anilines is 1. The molecule has 20 heteroatoms. The molecule has 0 spiro atoms. The number of carbonyl (C=O) groups is 2. The van der Waals surface area contributed by atoms with Gasteiger partial charge in [0.1, 0.15) is 30.7 Å². The van der Waals surface area contributed by atoms with Crippen LogP contribution in [0, 0.1) is 11.8 Å². The topological polar surface area (TPSA) is 265 Å². The number of ether oxygens (including phenoxy) is 3. The Kier molecular flexibility index (Phi) is 31.8. The molecular formula is C47H87N3O15P2. The van der Waals surface area contributed by atoms with Gasteiger partial charge in [-0.2, -0.15) is 9.29 Å². The second-order valence-corrected chi connectivity index (χ2v) is 21.8. The molecule has 2 heterocycles. The maximum atomic E-state index is 12.9. The summed E-state index contributed by atoms with van der Waals surface area (Å²) in [6.07, 6.45) is 21.9. The average molecular weight is 996 g/mol. The van der Waals surface area contributed by atoms with Gasteiger partial charge in [0, 0.05) is 19.0 Å². The number of hydrogen-bond donors (Lipinski definition) is 5. The fourth-order valence-electron chi connectivity index (χ4n) is 7.83. The lowest BCUT2D eigenvalue weighted by atomic mass is 9.99. The van der Waals surface area contributed by atoms with Crippen molar-refractivity contribution in [3.05, 3.63) is 22.7 Å². The molecule has 0 aliphatic carbocycles. The van der Waals surface area contributed by atoms with Gasteiger partial charge in [0.25, 0.3) is 0 Å². The van der Waals surface area contributed by atoms with Crippen LogP contribution in [0.5, 0.6) is 0 Å². The minimum Gasteiger partial charge on any atom is -0.462 e. The molecule has 390 valence electrons. The van der Waals surface area contributed by atoms with Gasteiger partial charge in [0.2, 0.25) is 0 Å². The lowest BCUT2D eigenvalue weighted by molar-refractivity contribution is -0.161. The Bertz CT molecular complexity index is 1650. The third-order valence-electron chi connectivity index (χ3n) is 12.2. The Labute approximate surface area is 400 Å². The van der Waals surface area contributed by atoms with Crippen LogP contribution in [0.1, 0.15) is 207 Å². The highest BCUT2D eigenvalue weighted by atomic mass is 31.3. The number of aromatic nitrogens is 2. The van der Waals surface area contributed by atoms with Gasteiger partial charge in [-0.25, -0.2) is 13.9 Å². The van der Waals surface area contributed by atoms with Gasteiger partial charge in [0.05, 0.1) is 13.2 Å². The van der Waals surface area contributed by atoms with Crippen molar-refractivity contribution < 1.29 is 66.3 Å². The maximum Gasteiger partial charge on any atom is 0.481 e. The van der Waals surface area contributed by atoms with E-state index in [1.54, 1.807) is 0 Å². The average Bonchev–Trinajstić information content (AvgIpc) is 3.55.